The second-order valence-corrected chi connectivity index (χ2v) is 7.60. The Morgan fingerprint density at radius 2 is 1.04 bits per heavy atom. The van der Waals surface area contributed by atoms with Crippen LogP contribution >= 0.6 is 0 Å². The largest absolute Gasteiger partial charge is 1.00 e. The van der Waals surface area contributed by atoms with Crippen LogP contribution in [-0.4, -0.2) is 19.1 Å². The molecule has 0 radical (unpaired) electrons. The van der Waals surface area contributed by atoms with Crippen LogP contribution in [0, 0.1) is 0 Å². The summed E-state index contributed by atoms with van der Waals surface area (Å²) in [6, 6.07) is 0. The van der Waals surface area contributed by atoms with E-state index in [1.54, 1.807) is 0 Å². The fourth-order valence-electron chi connectivity index (χ4n) is 2.89. The van der Waals surface area contributed by atoms with E-state index in [1.807, 2.05) is 0 Å². The SMILES string of the molecule is CCCCCCCCCCCCC(CCCCC)OS(=O)(=O)[O-].[Na+]. The molecule has 0 aromatic heterocycles. The molecule has 0 amide bonds. The fraction of sp³-hybridized carbons (Fsp3) is 1.00. The first-order valence-electron chi connectivity index (χ1n) is 9.63. The van der Waals surface area contributed by atoms with Crippen LogP contribution in [0.5, 0.6) is 0 Å². The van der Waals surface area contributed by atoms with Gasteiger partial charge in [-0.3, -0.25) is 4.18 Å². The van der Waals surface area contributed by atoms with Gasteiger partial charge < -0.3 is 4.55 Å². The van der Waals surface area contributed by atoms with Crippen LogP contribution < -0.4 is 29.6 Å². The first-order valence-corrected chi connectivity index (χ1v) is 11.0. The van der Waals surface area contributed by atoms with Gasteiger partial charge in [-0.25, -0.2) is 8.42 Å². The van der Waals surface area contributed by atoms with Crippen LogP contribution in [0.2, 0.25) is 0 Å². The molecule has 24 heavy (non-hydrogen) atoms. The van der Waals surface area contributed by atoms with Gasteiger partial charge >= 0.3 is 29.6 Å². The van der Waals surface area contributed by atoms with Crippen molar-refractivity contribution in [2.45, 2.75) is 116 Å². The molecule has 0 aliphatic rings. The van der Waals surface area contributed by atoms with Gasteiger partial charge in [0, 0.05) is 0 Å². The second-order valence-electron chi connectivity index (χ2n) is 6.59. The Hall–Kier alpha value is 0.870. The first kappa shape index (κ1) is 27.1. The molecule has 0 fully saturated rings. The third-order valence-corrected chi connectivity index (χ3v) is 4.77. The van der Waals surface area contributed by atoms with E-state index < -0.39 is 16.5 Å². The van der Waals surface area contributed by atoms with Gasteiger partial charge in [0.1, 0.15) is 0 Å². The van der Waals surface area contributed by atoms with Crippen molar-refractivity contribution in [2.24, 2.45) is 0 Å². The molecule has 0 saturated carbocycles. The monoisotopic (exact) mass is 372 g/mol. The minimum absolute atomic E-state index is 0. The summed E-state index contributed by atoms with van der Waals surface area (Å²) in [7, 11) is -4.57. The standard InChI is InChI=1S/C18H38O4S.Na/c1-3-5-7-8-9-10-11-12-13-15-17-18(16-14-6-4-2)22-23(19,20)21;/h18H,3-17H2,1-2H3,(H,19,20,21);/q;+1/p-1. The molecule has 0 saturated heterocycles. The summed E-state index contributed by atoms with van der Waals surface area (Å²) in [5.74, 6) is 0. The third-order valence-electron chi connectivity index (χ3n) is 4.26. The van der Waals surface area contributed by atoms with Crippen molar-refractivity contribution >= 4 is 10.4 Å². The van der Waals surface area contributed by atoms with E-state index in [9.17, 15) is 13.0 Å². The molecule has 0 aliphatic carbocycles. The molecule has 1 unspecified atom stereocenters. The molecule has 0 heterocycles. The molecule has 0 aliphatic heterocycles. The Bertz CT molecular complexity index is 347. The topological polar surface area (TPSA) is 66.4 Å². The molecule has 0 aromatic rings. The first-order chi connectivity index (χ1) is 11.0. The van der Waals surface area contributed by atoms with Gasteiger partial charge in [-0.2, -0.15) is 0 Å². The van der Waals surface area contributed by atoms with E-state index in [1.165, 1.54) is 51.4 Å². The van der Waals surface area contributed by atoms with Crippen LogP contribution in [0.3, 0.4) is 0 Å². The normalized spacial score (nSPS) is 12.8. The second kappa shape index (κ2) is 18.7. The molecule has 4 nitrogen and oxygen atoms in total. The maximum absolute atomic E-state index is 10.8. The number of rotatable bonds is 17. The predicted molar refractivity (Wildman–Crippen MR) is 95.2 cm³/mol. The van der Waals surface area contributed by atoms with Crippen LogP contribution in [0.25, 0.3) is 0 Å². The Morgan fingerprint density at radius 1 is 0.708 bits per heavy atom. The van der Waals surface area contributed by atoms with Gasteiger partial charge in [-0.05, 0) is 12.8 Å². The van der Waals surface area contributed by atoms with Crippen LogP contribution in [-0.2, 0) is 14.6 Å². The predicted octanol–water partition coefficient (Wildman–Crippen LogP) is 2.73. The number of hydrogen-bond acceptors (Lipinski definition) is 4. The number of hydrogen-bond donors (Lipinski definition) is 0. The minimum atomic E-state index is -4.57. The summed E-state index contributed by atoms with van der Waals surface area (Å²) in [5.41, 5.74) is 0. The van der Waals surface area contributed by atoms with Crippen molar-refractivity contribution in [3.8, 4) is 0 Å². The van der Waals surface area contributed by atoms with Gasteiger partial charge in [0.2, 0.25) is 10.4 Å². The van der Waals surface area contributed by atoms with E-state index in [0.29, 0.717) is 12.8 Å². The van der Waals surface area contributed by atoms with E-state index in [-0.39, 0.29) is 29.6 Å². The van der Waals surface area contributed by atoms with E-state index in [0.717, 1.165) is 32.1 Å². The Morgan fingerprint density at radius 3 is 1.46 bits per heavy atom. The van der Waals surface area contributed by atoms with Crippen molar-refractivity contribution in [1.82, 2.24) is 0 Å². The molecule has 0 N–H and O–H groups in total. The van der Waals surface area contributed by atoms with Crippen molar-refractivity contribution in [3.05, 3.63) is 0 Å². The van der Waals surface area contributed by atoms with Crippen LogP contribution in [0.15, 0.2) is 0 Å². The molecule has 0 aromatic carbocycles. The van der Waals surface area contributed by atoms with Crippen molar-refractivity contribution in [3.63, 3.8) is 0 Å². The molecule has 0 bridgehead atoms. The zero-order chi connectivity index (χ0) is 17.4. The summed E-state index contributed by atoms with van der Waals surface area (Å²) in [6.07, 6.45) is 16.5. The van der Waals surface area contributed by atoms with Crippen molar-refractivity contribution in [1.29, 1.82) is 0 Å². The van der Waals surface area contributed by atoms with Crippen LogP contribution in [0.1, 0.15) is 110 Å². The van der Waals surface area contributed by atoms with E-state index >= 15 is 0 Å². The van der Waals surface area contributed by atoms with E-state index in [4.69, 9.17) is 0 Å². The number of unbranched alkanes of at least 4 members (excludes halogenated alkanes) is 11. The van der Waals surface area contributed by atoms with Crippen molar-refractivity contribution in [2.75, 3.05) is 0 Å². The third kappa shape index (κ3) is 20.9. The van der Waals surface area contributed by atoms with Gasteiger partial charge in [0.15, 0.2) is 0 Å². The quantitative estimate of drug-likeness (QED) is 0.170. The average Bonchev–Trinajstić information content (AvgIpc) is 2.47. The summed E-state index contributed by atoms with van der Waals surface area (Å²) in [5, 5.41) is 0. The average molecular weight is 373 g/mol. The zero-order valence-corrected chi connectivity index (χ0v) is 19.0. The zero-order valence-electron chi connectivity index (χ0n) is 16.2. The van der Waals surface area contributed by atoms with Gasteiger partial charge in [-0.15, -0.1) is 0 Å². The Labute approximate surface area is 172 Å². The summed E-state index contributed by atoms with van der Waals surface area (Å²) < 4.78 is 37.0. The summed E-state index contributed by atoms with van der Waals surface area (Å²) in [6.45, 7) is 4.33. The van der Waals surface area contributed by atoms with Crippen molar-refractivity contribution < 1.29 is 46.7 Å². The molecular weight excluding hydrogens is 335 g/mol. The molecule has 6 heteroatoms. The molecule has 140 valence electrons. The van der Waals surface area contributed by atoms with Crippen LogP contribution in [0.4, 0.5) is 0 Å². The summed E-state index contributed by atoms with van der Waals surface area (Å²) in [4.78, 5) is 0. The van der Waals surface area contributed by atoms with Gasteiger partial charge in [0.05, 0.1) is 6.10 Å². The molecule has 0 spiro atoms. The maximum atomic E-state index is 10.8. The van der Waals surface area contributed by atoms with Gasteiger partial charge in [0.25, 0.3) is 0 Å². The maximum Gasteiger partial charge on any atom is 1.00 e. The summed E-state index contributed by atoms with van der Waals surface area (Å²) >= 11 is 0. The molecule has 0 rings (SSSR count). The van der Waals surface area contributed by atoms with E-state index in [2.05, 4.69) is 18.0 Å². The molecule has 1 atom stereocenters. The smallest absolute Gasteiger partial charge is 0.726 e. The fourth-order valence-corrected chi connectivity index (χ4v) is 3.41. The minimum Gasteiger partial charge on any atom is -0.726 e. The Balaban J connectivity index is 0. The molecular formula is C18H37NaO4S. The Kier molecular flexibility index (Phi) is 21.1. The van der Waals surface area contributed by atoms with Gasteiger partial charge in [-0.1, -0.05) is 97.3 Å².